The second kappa shape index (κ2) is 5.08. The van der Waals surface area contributed by atoms with E-state index >= 15 is 0 Å². The number of benzene rings is 1. The van der Waals surface area contributed by atoms with E-state index in [1.807, 2.05) is 19.0 Å². The first-order chi connectivity index (χ1) is 6.58. The molecule has 14 heavy (non-hydrogen) atoms. The van der Waals surface area contributed by atoms with E-state index in [-0.39, 0.29) is 11.9 Å². The van der Waals surface area contributed by atoms with Gasteiger partial charge < -0.3 is 10.6 Å². The second-order valence-corrected chi connectivity index (χ2v) is 3.85. The van der Waals surface area contributed by atoms with E-state index < -0.39 is 0 Å². The number of halogens is 1. The predicted molar refractivity (Wildman–Crippen MR) is 56.6 cm³/mol. The highest BCUT2D eigenvalue weighted by Crippen LogP contribution is 2.05. The lowest BCUT2D eigenvalue weighted by Crippen LogP contribution is -2.34. The van der Waals surface area contributed by atoms with Crippen molar-refractivity contribution in [3.8, 4) is 0 Å². The van der Waals surface area contributed by atoms with Gasteiger partial charge in [-0.15, -0.1) is 0 Å². The van der Waals surface area contributed by atoms with Crippen LogP contribution < -0.4 is 5.73 Å². The fourth-order valence-electron chi connectivity index (χ4n) is 1.46. The van der Waals surface area contributed by atoms with Gasteiger partial charge in [0.05, 0.1) is 0 Å². The maximum atomic E-state index is 12.6. The van der Waals surface area contributed by atoms with E-state index in [2.05, 4.69) is 0 Å². The van der Waals surface area contributed by atoms with Crippen molar-refractivity contribution in [3.05, 3.63) is 35.6 Å². The first-order valence-corrected chi connectivity index (χ1v) is 4.72. The Morgan fingerprint density at radius 2 is 1.86 bits per heavy atom. The van der Waals surface area contributed by atoms with Gasteiger partial charge in [0.15, 0.2) is 0 Å². The normalized spacial score (nSPS) is 13.2. The lowest BCUT2D eigenvalue weighted by atomic mass is 10.1. The minimum atomic E-state index is -0.199. The molecule has 1 atom stereocenters. The second-order valence-electron chi connectivity index (χ2n) is 3.85. The highest BCUT2D eigenvalue weighted by Gasteiger charge is 2.05. The van der Waals surface area contributed by atoms with Crippen LogP contribution in [0.25, 0.3) is 0 Å². The molecule has 2 N–H and O–H groups in total. The molecule has 0 saturated carbocycles. The van der Waals surface area contributed by atoms with E-state index in [0.29, 0.717) is 0 Å². The molecule has 2 nitrogen and oxygen atoms in total. The van der Waals surface area contributed by atoms with Crippen LogP contribution in [0.1, 0.15) is 5.56 Å². The van der Waals surface area contributed by atoms with Crippen molar-refractivity contribution in [2.24, 2.45) is 5.73 Å². The summed E-state index contributed by atoms with van der Waals surface area (Å²) >= 11 is 0. The third-order valence-corrected chi connectivity index (χ3v) is 2.01. The Balaban J connectivity index is 2.47. The zero-order chi connectivity index (χ0) is 10.6. The predicted octanol–water partition coefficient (Wildman–Crippen LogP) is 1.26. The van der Waals surface area contributed by atoms with Crippen molar-refractivity contribution in [1.29, 1.82) is 0 Å². The number of nitrogens with two attached hydrogens (primary N) is 1. The first-order valence-electron chi connectivity index (χ1n) is 4.72. The maximum Gasteiger partial charge on any atom is 0.123 e. The molecule has 78 valence electrons. The van der Waals surface area contributed by atoms with Crippen molar-refractivity contribution in [3.63, 3.8) is 0 Å². The van der Waals surface area contributed by atoms with Crippen molar-refractivity contribution >= 4 is 0 Å². The largest absolute Gasteiger partial charge is 0.326 e. The molecule has 0 amide bonds. The zero-order valence-electron chi connectivity index (χ0n) is 8.70. The first kappa shape index (κ1) is 11.1. The van der Waals surface area contributed by atoms with Gasteiger partial charge >= 0.3 is 0 Å². The molecule has 0 aliphatic rings. The maximum absolute atomic E-state index is 12.6. The summed E-state index contributed by atoms with van der Waals surface area (Å²) in [6.45, 7) is 0.845. The van der Waals surface area contributed by atoms with Crippen molar-refractivity contribution in [2.45, 2.75) is 12.5 Å². The Labute approximate surface area is 84.5 Å². The van der Waals surface area contributed by atoms with E-state index in [4.69, 9.17) is 5.73 Å². The Bertz CT molecular complexity index is 269. The van der Waals surface area contributed by atoms with Crippen LogP contribution in [-0.2, 0) is 6.42 Å². The molecular weight excluding hydrogens is 179 g/mol. The molecule has 0 aromatic heterocycles. The molecule has 0 saturated heterocycles. The molecule has 0 spiro atoms. The van der Waals surface area contributed by atoms with E-state index in [0.717, 1.165) is 18.5 Å². The summed E-state index contributed by atoms with van der Waals surface area (Å²) in [5.74, 6) is -0.199. The SMILES string of the molecule is CN(C)CC(N)Cc1ccc(F)cc1. The van der Waals surface area contributed by atoms with Crippen molar-refractivity contribution in [1.82, 2.24) is 4.90 Å². The summed E-state index contributed by atoms with van der Waals surface area (Å²) < 4.78 is 12.6. The molecular formula is C11H17FN2. The van der Waals surface area contributed by atoms with Crippen LogP contribution in [0.2, 0.25) is 0 Å². The summed E-state index contributed by atoms with van der Waals surface area (Å²) in [6.07, 6.45) is 0.790. The van der Waals surface area contributed by atoms with Gasteiger partial charge in [0.1, 0.15) is 5.82 Å². The number of hydrogen-bond donors (Lipinski definition) is 1. The van der Waals surface area contributed by atoms with Crippen LogP contribution in [0.5, 0.6) is 0 Å². The minimum Gasteiger partial charge on any atom is -0.326 e. The highest BCUT2D eigenvalue weighted by molar-refractivity contribution is 5.17. The van der Waals surface area contributed by atoms with Gasteiger partial charge in [-0.05, 0) is 38.2 Å². The summed E-state index contributed by atoms with van der Waals surface area (Å²) in [5, 5.41) is 0. The van der Waals surface area contributed by atoms with Gasteiger partial charge in [-0.3, -0.25) is 0 Å². The van der Waals surface area contributed by atoms with Gasteiger partial charge in [-0.2, -0.15) is 0 Å². The molecule has 0 radical (unpaired) electrons. The quantitative estimate of drug-likeness (QED) is 0.785. The van der Waals surface area contributed by atoms with Gasteiger partial charge in [0.2, 0.25) is 0 Å². The Hall–Kier alpha value is -0.930. The molecule has 0 aliphatic carbocycles. The molecule has 1 aromatic rings. The summed E-state index contributed by atoms with van der Waals surface area (Å²) in [7, 11) is 3.98. The number of hydrogen-bond acceptors (Lipinski definition) is 2. The van der Waals surface area contributed by atoms with Crippen LogP contribution in [0.15, 0.2) is 24.3 Å². The van der Waals surface area contributed by atoms with E-state index in [1.54, 1.807) is 12.1 Å². The third-order valence-electron chi connectivity index (χ3n) is 2.01. The molecule has 1 rings (SSSR count). The third kappa shape index (κ3) is 3.85. The smallest absolute Gasteiger partial charge is 0.123 e. The average molecular weight is 196 g/mol. The fraction of sp³-hybridized carbons (Fsp3) is 0.455. The van der Waals surface area contributed by atoms with Gasteiger partial charge in [-0.25, -0.2) is 4.39 Å². The Morgan fingerprint density at radius 3 is 2.36 bits per heavy atom. The van der Waals surface area contributed by atoms with E-state index in [9.17, 15) is 4.39 Å². The van der Waals surface area contributed by atoms with Crippen LogP contribution >= 0.6 is 0 Å². The van der Waals surface area contributed by atoms with Crippen molar-refractivity contribution < 1.29 is 4.39 Å². The van der Waals surface area contributed by atoms with Gasteiger partial charge in [0, 0.05) is 12.6 Å². The topological polar surface area (TPSA) is 29.3 Å². The lowest BCUT2D eigenvalue weighted by Gasteiger charge is -2.16. The number of nitrogens with zero attached hydrogens (tertiary/aromatic N) is 1. The number of likely N-dealkylation sites (N-methyl/N-ethyl adjacent to an activating group) is 1. The lowest BCUT2D eigenvalue weighted by molar-refractivity contribution is 0.371. The van der Waals surface area contributed by atoms with Gasteiger partial charge in [-0.1, -0.05) is 12.1 Å². The van der Waals surface area contributed by atoms with E-state index in [1.165, 1.54) is 12.1 Å². The fourth-order valence-corrected chi connectivity index (χ4v) is 1.46. The summed E-state index contributed by atoms with van der Waals surface area (Å²) in [6, 6.07) is 6.61. The molecule has 0 heterocycles. The summed E-state index contributed by atoms with van der Waals surface area (Å²) in [5.41, 5.74) is 6.99. The monoisotopic (exact) mass is 196 g/mol. The summed E-state index contributed by atoms with van der Waals surface area (Å²) in [4.78, 5) is 2.05. The molecule has 0 aliphatic heterocycles. The van der Waals surface area contributed by atoms with Crippen LogP contribution in [0, 0.1) is 5.82 Å². The molecule has 0 fully saturated rings. The number of rotatable bonds is 4. The molecule has 0 bridgehead atoms. The molecule has 1 aromatic carbocycles. The Kier molecular flexibility index (Phi) is 4.04. The van der Waals surface area contributed by atoms with Crippen molar-refractivity contribution in [2.75, 3.05) is 20.6 Å². The Morgan fingerprint density at radius 1 is 1.29 bits per heavy atom. The minimum absolute atomic E-state index is 0.107. The molecule has 1 unspecified atom stereocenters. The highest BCUT2D eigenvalue weighted by atomic mass is 19.1. The average Bonchev–Trinajstić information content (AvgIpc) is 2.07. The zero-order valence-corrected chi connectivity index (χ0v) is 8.70. The van der Waals surface area contributed by atoms with Crippen LogP contribution in [0.4, 0.5) is 4.39 Å². The van der Waals surface area contributed by atoms with Crippen LogP contribution in [-0.4, -0.2) is 31.6 Å². The van der Waals surface area contributed by atoms with Crippen LogP contribution in [0.3, 0.4) is 0 Å². The molecule has 3 heteroatoms. The van der Waals surface area contributed by atoms with Gasteiger partial charge in [0.25, 0.3) is 0 Å². The standard InChI is InChI=1S/C11H17FN2/c1-14(2)8-11(13)7-9-3-5-10(12)6-4-9/h3-6,11H,7-8,13H2,1-2H3.